The van der Waals surface area contributed by atoms with Gasteiger partial charge in [-0.15, -0.1) is 0 Å². The maximum Gasteiger partial charge on any atom is 0.0223 e. The SMILES string of the molecule is CN(C1CCC(C)(C)CC1)C(CN)CC(C)(C)C. The van der Waals surface area contributed by atoms with Gasteiger partial charge in [-0.2, -0.15) is 0 Å². The molecule has 2 N–H and O–H groups in total. The number of likely N-dealkylation sites (N-methyl/N-ethyl adjacent to an activating group) is 1. The second-order valence-corrected chi connectivity index (χ2v) is 8.22. The van der Waals surface area contributed by atoms with E-state index in [-0.39, 0.29) is 0 Å². The number of nitrogens with zero attached hydrogens (tertiary/aromatic N) is 1. The highest BCUT2D eigenvalue weighted by Gasteiger charge is 2.32. The lowest BCUT2D eigenvalue weighted by Gasteiger charge is -2.43. The molecule has 1 unspecified atom stereocenters. The third-order valence-corrected chi connectivity index (χ3v) is 4.58. The number of hydrogen-bond donors (Lipinski definition) is 1. The van der Waals surface area contributed by atoms with Gasteiger partial charge >= 0.3 is 0 Å². The van der Waals surface area contributed by atoms with E-state index in [1.54, 1.807) is 0 Å². The van der Waals surface area contributed by atoms with Crippen LogP contribution >= 0.6 is 0 Å². The Morgan fingerprint density at radius 3 is 2.11 bits per heavy atom. The van der Waals surface area contributed by atoms with Crippen molar-refractivity contribution in [2.75, 3.05) is 13.6 Å². The summed E-state index contributed by atoms with van der Waals surface area (Å²) in [5.41, 5.74) is 6.92. The maximum absolute atomic E-state index is 6.00. The molecule has 1 saturated carbocycles. The quantitative estimate of drug-likeness (QED) is 0.830. The molecule has 0 radical (unpaired) electrons. The number of nitrogens with two attached hydrogens (primary N) is 1. The molecule has 0 amide bonds. The van der Waals surface area contributed by atoms with E-state index >= 15 is 0 Å². The summed E-state index contributed by atoms with van der Waals surface area (Å²) in [7, 11) is 2.28. The van der Waals surface area contributed by atoms with E-state index in [1.807, 2.05) is 0 Å². The molecule has 1 fully saturated rings. The largest absolute Gasteiger partial charge is 0.329 e. The summed E-state index contributed by atoms with van der Waals surface area (Å²) in [4.78, 5) is 2.57. The molecule has 18 heavy (non-hydrogen) atoms. The van der Waals surface area contributed by atoms with Gasteiger partial charge in [0.2, 0.25) is 0 Å². The first-order valence-electron chi connectivity index (χ1n) is 7.57. The van der Waals surface area contributed by atoms with Crippen molar-refractivity contribution in [1.82, 2.24) is 4.90 Å². The minimum Gasteiger partial charge on any atom is -0.329 e. The highest BCUT2D eigenvalue weighted by Crippen LogP contribution is 2.37. The average Bonchev–Trinajstić information content (AvgIpc) is 2.24. The lowest BCUT2D eigenvalue weighted by Crippen LogP contribution is -2.47. The summed E-state index contributed by atoms with van der Waals surface area (Å²) >= 11 is 0. The Kier molecular flexibility index (Phi) is 5.25. The van der Waals surface area contributed by atoms with Crippen LogP contribution in [0.2, 0.25) is 0 Å². The second kappa shape index (κ2) is 5.92. The topological polar surface area (TPSA) is 29.3 Å². The van der Waals surface area contributed by atoms with Crippen LogP contribution in [0, 0.1) is 10.8 Å². The first kappa shape index (κ1) is 16.0. The number of rotatable bonds is 4. The summed E-state index contributed by atoms with van der Waals surface area (Å²) in [5, 5.41) is 0. The third-order valence-electron chi connectivity index (χ3n) is 4.58. The van der Waals surface area contributed by atoms with Crippen LogP contribution in [0.25, 0.3) is 0 Å². The fraction of sp³-hybridized carbons (Fsp3) is 1.00. The van der Waals surface area contributed by atoms with Crippen LogP contribution in [0.4, 0.5) is 0 Å². The van der Waals surface area contributed by atoms with Crippen molar-refractivity contribution in [1.29, 1.82) is 0 Å². The molecule has 0 aromatic heterocycles. The van der Waals surface area contributed by atoms with Crippen molar-refractivity contribution in [3.63, 3.8) is 0 Å². The molecule has 1 rings (SSSR count). The van der Waals surface area contributed by atoms with E-state index in [2.05, 4.69) is 46.6 Å². The molecule has 0 bridgehead atoms. The van der Waals surface area contributed by atoms with Crippen LogP contribution in [-0.2, 0) is 0 Å². The first-order chi connectivity index (χ1) is 8.14. The van der Waals surface area contributed by atoms with E-state index < -0.39 is 0 Å². The van der Waals surface area contributed by atoms with Crippen molar-refractivity contribution < 1.29 is 0 Å². The summed E-state index contributed by atoms with van der Waals surface area (Å²) in [6.07, 6.45) is 6.58. The molecule has 0 spiro atoms. The standard InChI is InChI=1S/C16H34N2/c1-15(2,3)11-14(12-17)18(6)13-7-9-16(4,5)10-8-13/h13-14H,7-12,17H2,1-6H3. The van der Waals surface area contributed by atoms with Crippen LogP contribution in [-0.4, -0.2) is 30.6 Å². The fourth-order valence-corrected chi connectivity index (χ4v) is 3.19. The molecule has 1 aliphatic carbocycles. The molecule has 2 nitrogen and oxygen atoms in total. The molecule has 0 aliphatic heterocycles. The van der Waals surface area contributed by atoms with Crippen LogP contribution in [0.3, 0.4) is 0 Å². The van der Waals surface area contributed by atoms with Crippen LogP contribution in [0.15, 0.2) is 0 Å². The Balaban J connectivity index is 2.54. The van der Waals surface area contributed by atoms with Gasteiger partial charge in [-0.25, -0.2) is 0 Å². The molecule has 2 heteroatoms. The zero-order chi connectivity index (χ0) is 14.0. The Hall–Kier alpha value is -0.0800. The third kappa shape index (κ3) is 4.89. The molecule has 1 atom stereocenters. The van der Waals surface area contributed by atoms with Crippen molar-refractivity contribution >= 4 is 0 Å². The normalized spacial score (nSPS) is 23.3. The lowest BCUT2D eigenvalue weighted by atomic mass is 9.75. The predicted octanol–water partition coefficient (Wildman–Crippen LogP) is 3.65. The molecule has 1 aliphatic rings. The van der Waals surface area contributed by atoms with Crippen LogP contribution in [0.5, 0.6) is 0 Å². The Morgan fingerprint density at radius 2 is 1.72 bits per heavy atom. The summed E-state index contributed by atoms with van der Waals surface area (Å²) in [5.74, 6) is 0. The van der Waals surface area contributed by atoms with Crippen molar-refractivity contribution in [3.05, 3.63) is 0 Å². The monoisotopic (exact) mass is 254 g/mol. The zero-order valence-corrected chi connectivity index (χ0v) is 13.4. The molecule has 0 saturated heterocycles. The van der Waals surface area contributed by atoms with Gasteiger partial charge in [0.25, 0.3) is 0 Å². The minimum absolute atomic E-state index is 0.367. The Labute approximate surface area is 114 Å². The molecule has 0 aromatic rings. The fourth-order valence-electron chi connectivity index (χ4n) is 3.19. The van der Waals surface area contributed by atoms with Gasteiger partial charge in [0, 0.05) is 18.6 Å². The van der Waals surface area contributed by atoms with Crippen LogP contribution < -0.4 is 5.73 Å². The van der Waals surface area contributed by atoms with E-state index in [4.69, 9.17) is 5.73 Å². The molecular formula is C16H34N2. The lowest BCUT2D eigenvalue weighted by molar-refractivity contribution is 0.0790. The van der Waals surface area contributed by atoms with E-state index in [0.29, 0.717) is 16.9 Å². The van der Waals surface area contributed by atoms with Gasteiger partial charge in [-0.3, -0.25) is 4.90 Å². The van der Waals surface area contributed by atoms with Crippen molar-refractivity contribution in [2.45, 2.75) is 78.8 Å². The van der Waals surface area contributed by atoms with E-state index in [9.17, 15) is 0 Å². The minimum atomic E-state index is 0.367. The van der Waals surface area contributed by atoms with Crippen molar-refractivity contribution in [2.24, 2.45) is 16.6 Å². The van der Waals surface area contributed by atoms with Crippen LogP contribution in [0.1, 0.15) is 66.7 Å². The Bertz CT molecular complexity index is 242. The average molecular weight is 254 g/mol. The molecule has 0 heterocycles. The second-order valence-electron chi connectivity index (χ2n) is 8.22. The first-order valence-corrected chi connectivity index (χ1v) is 7.57. The van der Waals surface area contributed by atoms with Crippen molar-refractivity contribution in [3.8, 4) is 0 Å². The predicted molar refractivity (Wildman–Crippen MR) is 80.7 cm³/mol. The summed E-state index contributed by atoms with van der Waals surface area (Å²) in [6, 6.07) is 1.28. The van der Waals surface area contributed by atoms with E-state index in [0.717, 1.165) is 12.6 Å². The smallest absolute Gasteiger partial charge is 0.0223 e. The van der Waals surface area contributed by atoms with Gasteiger partial charge in [-0.1, -0.05) is 34.6 Å². The van der Waals surface area contributed by atoms with Gasteiger partial charge in [0.15, 0.2) is 0 Å². The summed E-state index contributed by atoms with van der Waals surface area (Å²) in [6.45, 7) is 12.5. The summed E-state index contributed by atoms with van der Waals surface area (Å²) < 4.78 is 0. The molecule has 108 valence electrons. The molecular weight excluding hydrogens is 220 g/mol. The maximum atomic E-state index is 6.00. The highest BCUT2D eigenvalue weighted by atomic mass is 15.2. The van der Waals surface area contributed by atoms with Gasteiger partial charge in [0.1, 0.15) is 0 Å². The number of hydrogen-bond acceptors (Lipinski definition) is 2. The van der Waals surface area contributed by atoms with Gasteiger partial charge < -0.3 is 5.73 Å². The Morgan fingerprint density at radius 1 is 1.22 bits per heavy atom. The van der Waals surface area contributed by atoms with Gasteiger partial charge in [0.05, 0.1) is 0 Å². The van der Waals surface area contributed by atoms with E-state index in [1.165, 1.54) is 32.1 Å². The zero-order valence-electron chi connectivity index (χ0n) is 13.4. The highest BCUT2D eigenvalue weighted by molar-refractivity contribution is 4.87. The van der Waals surface area contributed by atoms with Gasteiger partial charge in [-0.05, 0) is 50.0 Å². The molecule has 0 aromatic carbocycles.